The summed E-state index contributed by atoms with van der Waals surface area (Å²) in [6.07, 6.45) is 4.63. The molecular weight excluding hydrogens is 162 g/mol. The molecule has 74 valence electrons. The van der Waals surface area contributed by atoms with Crippen molar-refractivity contribution in [2.75, 3.05) is 0 Å². The van der Waals surface area contributed by atoms with Gasteiger partial charge in [0.05, 0.1) is 6.92 Å². The molecule has 1 aliphatic carbocycles. The zero-order chi connectivity index (χ0) is 10.1. The van der Waals surface area contributed by atoms with Gasteiger partial charge >= 0.3 is 5.91 Å². The molecule has 2 nitrogen and oxygen atoms in total. The van der Waals surface area contributed by atoms with Crippen molar-refractivity contribution >= 4 is 12.6 Å². The van der Waals surface area contributed by atoms with Gasteiger partial charge in [-0.15, -0.1) is 0 Å². The lowest BCUT2D eigenvalue weighted by Crippen LogP contribution is -2.35. The molecule has 1 rings (SSSR count). The predicted octanol–water partition coefficient (Wildman–Crippen LogP) is 2.21. The highest BCUT2D eigenvalue weighted by Crippen LogP contribution is 2.35. The van der Waals surface area contributed by atoms with Crippen LogP contribution in [0.5, 0.6) is 0 Å². The van der Waals surface area contributed by atoms with Crippen LogP contribution in [0.3, 0.4) is 0 Å². The Kier molecular flexibility index (Phi) is 2.89. The van der Waals surface area contributed by atoms with Gasteiger partial charge in [0.15, 0.2) is 6.04 Å². The third kappa shape index (κ3) is 2.64. The molecule has 0 unspecified atom stereocenters. The summed E-state index contributed by atoms with van der Waals surface area (Å²) < 4.78 is 1.65. The Morgan fingerprint density at radius 1 is 1.38 bits per heavy atom. The molecule has 0 N–H and O–H groups in total. The first-order valence-corrected chi connectivity index (χ1v) is 5.03. The molecule has 1 saturated carbocycles. The summed E-state index contributed by atoms with van der Waals surface area (Å²) in [5.74, 6) is 0.0877. The van der Waals surface area contributed by atoms with Gasteiger partial charge in [0, 0.05) is 12.8 Å². The molecule has 0 aliphatic heterocycles. The van der Waals surface area contributed by atoms with E-state index in [1.54, 1.807) is 11.5 Å². The molecule has 0 aromatic carbocycles. The number of carbonyl (C=O) groups is 1. The van der Waals surface area contributed by atoms with Gasteiger partial charge in [0.25, 0.3) is 0 Å². The normalized spacial score (nSPS) is 22.7. The van der Waals surface area contributed by atoms with Gasteiger partial charge in [-0.05, 0) is 18.3 Å². The maximum absolute atomic E-state index is 11.1. The molecule has 1 aliphatic rings. The molecule has 0 heterocycles. The molecule has 0 bridgehead atoms. The average molecular weight is 182 g/mol. The van der Waals surface area contributed by atoms with Crippen molar-refractivity contribution in [1.29, 1.82) is 0 Å². The van der Waals surface area contributed by atoms with Crippen LogP contribution in [0.15, 0.2) is 0 Å². The van der Waals surface area contributed by atoms with Crippen molar-refractivity contribution in [3.05, 3.63) is 0 Å². The smallest absolute Gasteiger partial charge is 0.220 e. The van der Waals surface area contributed by atoms with Crippen LogP contribution in [-0.4, -0.2) is 23.2 Å². The van der Waals surface area contributed by atoms with E-state index in [1.807, 2.05) is 0 Å². The Bertz CT molecular complexity index is 220. The van der Waals surface area contributed by atoms with E-state index in [0.29, 0.717) is 11.5 Å². The van der Waals surface area contributed by atoms with E-state index in [4.69, 9.17) is 0 Å². The number of hydrogen-bond donors (Lipinski definition) is 0. The maximum atomic E-state index is 11.1. The third-order valence-electron chi connectivity index (χ3n) is 3.15. The molecule has 0 radical (unpaired) electrons. The Morgan fingerprint density at radius 3 is 2.23 bits per heavy atom. The molecule has 0 aromatic heterocycles. The van der Waals surface area contributed by atoms with Gasteiger partial charge in [0.1, 0.15) is 6.72 Å². The van der Waals surface area contributed by atoms with E-state index in [-0.39, 0.29) is 5.91 Å². The van der Waals surface area contributed by atoms with Gasteiger partial charge in [-0.3, -0.25) is 0 Å². The molecule has 1 fully saturated rings. The molecule has 0 saturated heterocycles. The van der Waals surface area contributed by atoms with Crippen molar-refractivity contribution in [3.63, 3.8) is 0 Å². The van der Waals surface area contributed by atoms with Gasteiger partial charge < -0.3 is 0 Å². The zero-order valence-electron chi connectivity index (χ0n) is 8.97. The van der Waals surface area contributed by atoms with Crippen molar-refractivity contribution in [1.82, 2.24) is 0 Å². The summed E-state index contributed by atoms with van der Waals surface area (Å²) >= 11 is 0. The minimum atomic E-state index is 0.0877. The minimum Gasteiger partial charge on any atom is -0.220 e. The van der Waals surface area contributed by atoms with Gasteiger partial charge in [-0.25, -0.2) is 4.79 Å². The van der Waals surface area contributed by atoms with E-state index in [1.165, 1.54) is 12.8 Å². The maximum Gasteiger partial charge on any atom is 0.383 e. The van der Waals surface area contributed by atoms with E-state index in [2.05, 4.69) is 20.6 Å². The Labute approximate surface area is 80.6 Å². The molecule has 0 atom stereocenters. The number of amides is 1. The second-order valence-electron chi connectivity index (χ2n) is 4.88. The van der Waals surface area contributed by atoms with Gasteiger partial charge in [-0.2, -0.15) is 4.58 Å². The molecular formula is C11H20NO+. The lowest BCUT2D eigenvalue weighted by molar-refractivity contribution is -0.485. The number of hydrogen-bond acceptors (Lipinski definition) is 1. The Balaban J connectivity index is 2.50. The fraction of sp³-hybridized carbons (Fsp3) is 0.818. The molecule has 13 heavy (non-hydrogen) atoms. The van der Waals surface area contributed by atoms with Crippen LogP contribution in [-0.2, 0) is 4.79 Å². The number of nitrogens with zero attached hydrogens (tertiary/aromatic N) is 1. The highest BCUT2D eigenvalue weighted by molar-refractivity contribution is 5.65. The summed E-state index contributed by atoms with van der Waals surface area (Å²) in [5.41, 5.74) is 0.466. The molecule has 1 amide bonds. The van der Waals surface area contributed by atoms with Crippen LogP contribution in [0, 0.1) is 5.41 Å². The number of carbonyl (C=O) groups excluding carboxylic acids is 1. The monoisotopic (exact) mass is 182 g/mol. The Morgan fingerprint density at radius 2 is 1.85 bits per heavy atom. The molecule has 0 aromatic rings. The average Bonchev–Trinajstić information content (AvgIpc) is 2.03. The Hall–Kier alpha value is -0.660. The van der Waals surface area contributed by atoms with Gasteiger partial charge in [0.2, 0.25) is 0 Å². The molecule has 2 heteroatoms. The van der Waals surface area contributed by atoms with E-state index in [0.717, 1.165) is 12.8 Å². The fourth-order valence-corrected chi connectivity index (χ4v) is 1.95. The van der Waals surface area contributed by atoms with Crippen LogP contribution < -0.4 is 0 Å². The number of rotatable bonds is 1. The summed E-state index contributed by atoms with van der Waals surface area (Å²) in [5, 5.41) is 0. The highest BCUT2D eigenvalue weighted by atomic mass is 16.1. The van der Waals surface area contributed by atoms with Crippen LogP contribution >= 0.6 is 0 Å². The largest absolute Gasteiger partial charge is 0.383 e. The summed E-state index contributed by atoms with van der Waals surface area (Å²) in [6.45, 7) is 9.97. The summed E-state index contributed by atoms with van der Waals surface area (Å²) in [4.78, 5) is 11.1. The van der Waals surface area contributed by atoms with Crippen molar-refractivity contribution in [3.8, 4) is 0 Å². The second-order valence-corrected chi connectivity index (χ2v) is 4.88. The van der Waals surface area contributed by atoms with E-state index < -0.39 is 0 Å². The first-order valence-electron chi connectivity index (χ1n) is 5.03. The summed E-state index contributed by atoms with van der Waals surface area (Å²) in [6, 6.07) is 0.380. The van der Waals surface area contributed by atoms with Crippen LogP contribution in [0.25, 0.3) is 0 Å². The van der Waals surface area contributed by atoms with Crippen molar-refractivity contribution in [2.45, 2.75) is 52.5 Å². The van der Waals surface area contributed by atoms with E-state index >= 15 is 0 Å². The predicted molar refractivity (Wildman–Crippen MR) is 54.1 cm³/mol. The van der Waals surface area contributed by atoms with E-state index in [9.17, 15) is 4.79 Å². The topological polar surface area (TPSA) is 20.1 Å². The first kappa shape index (κ1) is 10.4. The second kappa shape index (κ2) is 3.60. The lowest BCUT2D eigenvalue weighted by Gasteiger charge is -2.31. The molecule has 0 spiro atoms. The standard InChI is InChI=1S/C11H20NO/c1-9(13)12(4)10-5-7-11(2,3)8-6-10/h10H,4-8H2,1-3H3/q+1. The van der Waals surface area contributed by atoms with Crippen molar-refractivity contribution in [2.24, 2.45) is 5.41 Å². The third-order valence-corrected chi connectivity index (χ3v) is 3.15. The lowest BCUT2D eigenvalue weighted by atomic mass is 9.75. The van der Waals surface area contributed by atoms with Crippen LogP contribution in [0.2, 0.25) is 0 Å². The SMILES string of the molecule is C=[N+](C(C)=O)C1CCC(C)(C)CC1. The minimum absolute atomic E-state index is 0.0877. The zero-order valence-corrected chi connectivity index (χ0v) is 8.97. The van der Waals surface area contributed by atoms with Crippen molar-refractivity contribution < 1.29 is 9.37 Å². The van der Waals surface area contributed by atoms with Gasteiger partial charge in [-0.1, -0.05) is 13.8 Å². The highest BCUT2D eigenvalue weighted by Gasteiger charge is 2.33. The quantitative estimate of drug-likeness (QED) is 0.449. The summed E-state index contributed by atoms with van der Waals surface area (Å²) in [7, 11) is 0. The fourth-order valence-electron chi connectivity index (χ4n) is 1.95. The van der Waals surface area contributed by atoms with Crippen LogP contribution in [0.4, 0.5) is 0 Å². The first-order chi connectivity index (χ1) is 5.92. The van der Waals surface area contributed by atoms with Crippen LogP contribution in [0.1, 0.15) is 46.5 Å².